The standard InChI is InChI=1S/C22H23N3O3/c1-4-25(17-9-6-5-7-10-17)20-14-13-16(15-23-20)24-22(26)21-18(27-2)11-8-12-19(21)28-3/h5-15H,4H2,1-3H3,(H,24,26). The molecule has 28 heavy (non-hydrogen) atoms. The third-order valence-electron chi connectivity index (χ3n) is 4.32. The second-order valence-electron chi connectivity index (χ2n) is 5.98. The van der Waals surface area contributed by atoms with Crippen LogP contribution in [0.5, 0.6) is 11.5 Å². The first kappa shape index (κ1) is 19.2. The smallest absolute Gasteiger partial charge is 0.263 e. The predicted molar refractivity (Wildman–Crippen MR) is 111 cm³/mol. The molecule has 0 aliphatic rings. The minimum absolute atomic E-state index is 0.320. The van der Waals surface area contributed by atoms with Gasteiger partial charge in [0.15, 0.2) is 0 Å². The molecule has 1 aromatic heterocycles. The highest BCUT2D eigenvalue weighted by Gasteiger charge is 2.18. The summed E-state index contributed by atoms with van der Waals surface area (Å²) in [4.78, 5) is 19.4. The third-order valence-corrected chi connectivity index (χ3v) is 4.32. The fourth-order valence-corrected chi connectivity index (χ4v) is 2.97. The molecule has 6 heteroatoms. The molecule has 0 saturated heterocycles. The Morgan fingerprint density at radius 3 is 2.18 bits per heavy atom. The summed E-state index contributed by atoms with van der Waals surface area (Å²) in [6.45, 7) is 2.85. The number of hydrogen-bond donors (Lipinski definition) is 1. The Bertz CT molecular complexity index is 905. The van der Waals surface area contributed by atoms with Crippen molar-refractivity contribution < 1.29 is 14.3 Å². The number of amides is 1. The number of aromatic nitrogens is 1. The molecule has 0 aliphatic heterocycles. The molecule has 0 radical (unpaired) electrons. The zero-order valence-corrected chi connectivity index (χ0v) is 16.2. The monoisotopic (exact) mass is 377 g/mol. The summed E-state index contributed by atoms with van der Waals surface area (Å²) >= 11 is 0. The van der Waals surface area contributed by atoms with E-state index in [-0.39, 0.29) is 5.91 Å². The van der Waals surface area contributed by atoms with Crippen molar-refractivity contribution in [1.82, 2.24) is 4.98 Å². The molecule has 0 fully saturated rings. The van der Waals surface area contributed by atoms with Crippen molar-refractivity contribution in [2.24, 2.45) is 0 Å². The summed E-state index contributed by atoms with van der Waals surface area (Å²) < 4.78 is 10.6. The lowest BCUT2D eigenvalue weighted by Crippen LogP contribution is -2.18. The Morgan fingerprint density at radius 2 is 1.64 bits per heavy atom. The van der Waals surface area contributed by atoms with Gasteiger partial charge >= 0.3 is 0 Å². The summed E-state index contributed by atoms with van der Waals surface area (Å²) in [7, 11) is 3.04. The van der Waals surface area contributed by atoms with Gasteiger partial charge in [0.25, 0.3) is 5.91 Å². The van der Waals surface area contributed by atoms with Gasteiger partial charge in [0.05, 0.1) is 26.1 Å². The first-order chi connectivity index (χ1) is 13.7. The van der Waals surface area contributed by atoms with Crippen molar-refractivity contribution in [2.75, 3.05) is 31.0 Å². The Labute approximate surface area is 164 Å². The molecule has 0 saturated carbocycles. The van der Waals surface area contributed by atoms with Crippen molar-refractivity contribution in [3.8, 4) is 11.5 Å². The van der Waals surface area contributed by atoms with E-state index < -0.39 is 0 Å². The van der Waals surface area contributed by atoms with Gasteiger partial charge in [-0.25, -0.2) is 4.98 Å². The molecule has 0 spiro atoms. The summed E-state index contributed by atoms with van der Waals surface area (Å²) in [5.41, 5.74) is 2.00. The van der Waals surface area contributed by atoms with Crippen LogP contribution in [0.2, 0.25) is 0 Å². The molecule has 144 valence electrons. The van der Waals surface area contributed by atoms with E-state index in [2.05, 4.69) is 22.1 Å². The van der Waals surface area contributed by atoms with Crippen LogP contribution in [0, 0.1) is 0 Å². The highest BCUT2D eigenvalue weighted by molar-refractivity contribution is 6.08. The van der Waals surface area contributed by atoms with E-state index in [0.29, 0.717) is 22.7 Å². The van der Waals surface area contributed by atoms with Gasteiger partial charge in [-0.2, -0.15) is 0 Å². The van der Waals surface area contributed by atoms with Crippen LogP contribution in [-0.2, 0) is 0 Å². The molecule has 3 rings (SSSR count). The zero-order chi connectivity index (χ0) is 19.9. The minimum atomic E-state index is -0.320. The first-order valence-electron chi connectivity index (χ1n) is 8.99. The maximum absolute atomic E-state index is 12.8. The van der Waals surface area contributed by atoms with E-state index in [4.69, 9.17) is 9.47 Å². The normalized spacial score (nSPS) is 10.2. The Balaban J connectivity index is 1.81. The molecule has 6 nitrogen and oxygen atoms in total. The number of rotatable bonds is 7. The van der Waals surface area contributed by atoms with Crippen LogP contribution >= 0.6 is 0 Å². The number of pyridine rings is 1. The fraction of sp³-hybridized carbons (Fsp3) is 0.182. The van der Waals surface area contributed by atoms with Crippen LogP contribution < -0.4 is 19.7 Å². The lowest BCUT2D eigenvalue weighted by molar-refractivity contribution is 0.102. The van der Waals surface area contributed by atoms with Gasteiger partial charge in [-0.3, -0.25) is 4.79 Å². The number of anilines is 3. The van der Waals surface area contributed by atoms with E-state index in [1.54, 1.807) is 24.4 Å². The molecule has 1 heterocycles. The highest BCUT2D eigenvalue weighted by atomic mass is 16.5. The average Bonchev–Trinajstić information content (AvgIpc) is 2.75. The molecule has 0 bridgehead atoms. The minimum Gasteiger partial charge on any atom is -0.496 e. The van der Waals surface area contributed by atoms with Gasteiger partial charge in [0, 0.05) is 12.2 Å². The number of ether oxygens (including phenoxy) is 2. The number of nitrogens with zero attached hydrogens (tertiary/aromatic N) is 2. The number of hydrogen-bond acceptors (Lipinski definition) is 5. The van der Waals surface area contributed by atoms with Crippen molar-refractivity contribution in [3.05, 3.63) is 72.4 Å². The maximum atomic E-state index is 12.8. The van der Waals surface area contributed by atoms with E-state index in [1.807, 2.05) is 42.5 Å². The molecular formula is C22H23N3O3. The van der Waals surface area contributed by atoms with E-state index >= 15 is 0 Å². The Hall–Kier alpha value is -3.54. The molecule has 0 atom stereocenters. The van der Waals surface area contributed by atoms with Gasteiger partial charge in [-0.1, -0.05) is 24.3 Å². The second kappa shape index (κ2) is 8.90. The third kappa shape index (κ3) is 4.06. The molecule has 0 aliphatic carbocycles. The van der Waals surface area contributed by atoms with Crippen LogP contribution in [0.25, 0.3) is 0 Å². The second-order valence-corrected chi connectivity index (χ2v) is 5.98. The molecule has 0 unspecified atom stereocenters. The summed E-state index contributed by atoms with van der Waals surface area (Å²) in [6.07, 6.45) is 1.64. The van der Waals surface area contributed by atoms with Crippen LogP contribution in [0.1, 0.15) is 17.3 Å². The SMILES string of the molecule is CCN(c1ccccc1)c1ccc(NC(=O)c2c(OC)cccc2OC)cn1. The predicted octanol–water partition coefficient (Wildman–Crippen LogP) is 4.51. The first-order valence-corrected chi connectivity index (χ1v) is 8.99. The Morgan fingerprint density at radius 1 is 0.964 bits per heavy atom. The van der Waals surface area contributed by atoms with Gasteiger partial charge in [0.2, 0.25) is 0 Å². The Kier molecular flexibility index (Phi) is 6.11. The van der Waals surface area contributed by atoms with Gasteiger partial charge in [0.1, 0.15) is 22.9 Å². The van der Waals surface area contributed by atoms with Crippen molar-refractivity contribution in [2.45, 2.75) is 6.92 Å². The van der Waals surface area contributed by atoms with Gasteiger partial charge < -0.3 is 19.7 Å². The number of carbonyl (C=O) groups excluding carboxylic acids is 1. The number of nitrogens with one attached hydrogen (secondary N) is 1. The summed E-state index contributed by atoms with van der Waals surface area (Å²) in [5, 5.41) is 2.85. The number of para-hydroxylation sites is 1. The lowest BCUT2D eigenvalue weighted by Gasteiger charge is -2.22. The van der Waals surface area contributed by atoms with Crippen LogP contribution in [0.15, 0.2) is 66.9 Å². The van der Waals surface area contributed by atoms with Crippen LogP contribution in [0.3, 0.4) is 0 Å². The zero-order valence-electron chi connectivity index (χ0n) is 16.2. The van der Waals surface area contributed by atoms with Crippen LogP contribution in [-0.4, -0.2) is 31.7 Å². The van der Waals surface area contributed by atoms with Gasteiger partial charge in [-0.15, -0.1) is 0 Å². The number of carbonyl (C=O) groups is 1. The largest absolute Gasteiger partial charge is 0.496 e. The number of benzene rings is 2. The average molecular weight is 377 g/mol. The quantitative estimate of drug-likeness (QED) is 0.656. The maximum Gasteiger partial charge on any atom is 0.263 e. The molecule has 1 N–H and O–H groups in total. The summed E-state index contributed by atoms with van der Waals surface area (Å²) in [6, 6.07) is 19.0. The number of methoxy groups -OCH3 is 2. The molecule has 3 aromatic rings. The molecule has 1 amide bonds. The van der Waals surface area contributed by atoms with Crippen molar-refractivity contribution in [3.63, 3.8) is 0 Å². The topological polar surface area (TPSA) is 63.7 Å². The van der Waals surface area contributed by atoms with Gasteiger partial charge in [-0.05, 0) is 43.3 Å². The molecular weight excluding hydrogens is 354 g/mol. The van der Waals surface area contributed by atoms with E-state index in [0.717, 1.165) is 18.1 Å². The lowest BCUT2D eigenvalue weighted by atomic mass is 10.1. The molecule has 2 aromatic carbocycles. The highest BCUT2D eigenvalue weighted by Crippen LogP contribution is 2.29. The van der Waals surface area contributed by atoms with Crippen LogP contribution in [0.4, 0.5) is 17.2 Å². The van der Waals surface area contributed by atoms with Crippen molar-refractivity contribution >= 4 is 23.1 Å². The summed E-state index contributed by atoms with van der Waals surface area (Å²) in [5.74, 6) is 1.38. The van der Waals surface area contributed by atoms with E-state index in [1.165, 1.54) is 14.2 Å². The van der Waals surface area contributed by atoms with E-state index in [9.17, 15) is 4.79 Å². The van der Waals surface area contributed by atoms with Crippen molar-refractivity contribution in [1.29, 1.82) is 0 Å². The fourth-order valence-electron chi connectivity index (χ4n) is 2.97.